The number of rotatable bonds is 15. The standard InChI is InChI=1S/C21H24F10N2O6/c1-2-37-15(16(34)35)11-13-3-5-14(6-4-13)38-9-7-33(17(36)32-12-18(22,23)24)8-10-39-21(30,31)19(25,26)20(27,28)29/h3-6,15H,2,7-12H2,1H3,(H,32,36)(H,34,35). The monoisotopic (exact) mass is 590 g/mol. The van der Waals surface area contributed by atoms with Crippen LogP contribution in [0.15, 0.2) is 24.3 Å². The molecule has 0 bridgehead atoms. The largest absolute Gasteiger partial charge is 0.492 e. The van der Waals surface area contributed by atoms with Gasteiger partial charge in [0.15, 0.2) is 6.10 Å². The van der Waals surface area contributed by atoms with Gasteiger partial charge in [-0.15, -0.1) is 0 Å². The van der Waals surface area contributed by atoms with Crippen LogP contribution in [0.2, 0.25) is 0 Å². The first kappa shape index (κ1) is 34.0. The molecule has 0 aliphatic rings. The molecule has 18 heteroatoms. The van der Waals surface area contributed by atoms with E-state index < -0.39 is 75.3 Å². The molecule has 0 heterocycles. The molecule has 1 unspecified atom stereocenters. The molecule has 0 aromatic heterocycles. The van der Waals surface area contributed by atoms with Gasteiger partial charge < -0.3 is 29.5 Å². The van der Waals surface area contributed by atoms with E-state index in [4.69, 9.17) is 14.6 Å². The molecule has 0 radical (unpaired) electrons. The molecule has 2 N–H and O–H groups in total. The number of carbonyl (C=O) groups is 2. The molecule has 1 rings (SSSR count). The molecule has 224 valence electrons. The van der Waals surface area contributed by atoms with Crippen molar-refractivity contribution in [1.29, 1.82) is 0 Å². The van der Waals surface area contributed by atoms with Gasteiger partial charge >= 0.3 is 36.4 Å². The second kappa shape index (κ2) is 13.9. The third-order valence-electron chi connectivity index (χ3n) is 4.71. The van der Waals surface area contributed by atoms with Crippen LogP contribution in [0.4, 0.5) is 48.7 Å². The van der Waals surface area contributed by atoms with Crippen molar-refractivity contribution in [2.45, 2.75) is 43.8 Å². The van der Waals surface area contributed by atoms with Gasteiger partial charge in [-0.05, 0) is 24.6 Å². The summed E-state index contributed by atoms with van der Waals surface area (Å²) in [5.41, 5.74) is 0.532. The van der Waals surface area contributed by atoms with E-state index in [2.05, 4.69) is 4.74 Å². The van der Waals surface area contributed by atoms with E-state index in [1.54, 1.807) is 6.92 Å². The number of alkyl halides is 10. The zero-order valence-corrected chi connectivity index (χ0v) is 20.1. The first-order valence-electron chi connectivity index (χ1n) is 10.9. The Hall–Kier alpha value is -3.02. The van der Waals surface area contributed by atoms with E-state index in [0.717, 1.165) is 0 Å². The maximum Gasteiger partial charge on any atom is 0.462 e. The summed E-state index contributed by atoms with van der Waals surface area (Å²) in [5, 5.41) is 10.5. The van der Waals surface area contributed by atoms with Crippen LogP contribution in [0, 0.1) is 0 Å². The number of nitrogens with zero attached hydrogens (tertiary/aromatic N) is 1. The van der Waals surface area contributed by atoms with Gasteiger partial charge in [0.05, 0.1) is 13.2 Å². The molecule has 0 aliphatic carbocycles. The van der Waals surface area contributed by atoms with Crippen molar-refractivity contribution < 1.29 is 72.8 Å². The van der Waals surface area contributed by atoms with Crippen molar-refractivity contribution in [3.8, 4) is 5.75 Å². The van der Waals surface area contributed by atoms with Crippen molar-refractivity contribution >= 4 is 12.0 Å². The summed E-state index contributed by atoms with van der Waals surface area (Å²) in [6.45, 7) is -3.91. The number of hydrogen-bond donors (Lipinski definition) is 2. The van der Waals surface area contributed by atoms with Crippen molar-refractivity contribution in [3.63, 3.8) is 0 Å². The topological polar surface area (TPSA) is 97.3 Å². The first-order chi connectivity index (χ1) is 17.8. The normalized spacial score (nSPS) is 13.6. The highest BCUT2D eigenvalue weighted by Crippen LogP contribution is 2.46. The van der Waals surface area contributed by atoms with E-state index in [-0.39, 0.29) is 18.8 Å². The lowest BCUT2D eigenvalue weighted by Gasteiger charge is -2.29. The molecule has 0 spiro atoms. The fourth-order valence-electron chi connectivity index (χ4n) is 2.77. The van der Waals surface area contributed by atoms with E-state index in [1.165, 1.54) is 29.6 Å². The zero-order valence-electron chi connectivity index (χ0n) is 20.1. The summed E-state index contributed by atoms with van der Waals surface area (Å²) in [7, 11) is 0. The second-order valence-corrected chi connectivity index (χ2v) is 7.68. The fourth-order valence-corrected chi connectivity index (χ4v) is 2.77. The summed E-state index contributed by atoms with van der Waals surface area (Å²) < 4.78 is 140. The molecule has 0 saturated heterocycles. The summed E-state index contributed by atoms with van der Waals surface area (Å²) in [6, 6.07) is 4.16. The number of carboxylic acids is 1. The van der Waals surface area contributed by atoms with Crippen molar-refractivity contribution in [3.05, 3.63) is 29.8 Å². The summed E-state index contributed by atoms with van der Waals surface area (Å²) in [5.74, 6) is -7.64. The Kier molecular flexibility index (Phi) is 12.1. The number of ether oxygens (including phenoxy) is 3. The van der Waals surface area contributed by atoms with Crippen molar-refractivity contribution in [2.24, 2.45) is 0 Å². The molecule has 8 nitrogen and oxygen atoms in total. The summed E-state index contributed by atoms with van der Waals surface area (Å²) in [6.07, 6.45) is -18.7. The number of hydrogen-bond acceptors (Lipinski definition) is 5. The van der Waals surface area contributed by atoms with Gasteiger partial charge in [-0.2, -0.15) is 43.9 Å². The van der Waals surface area contributed by atoms with Gasteiger partial charge in [0, 0.05) is 19.6 Å². The smallest absolute Gasteiger partial charge is 0.462 e. The van der Waals surface area contributed by atoms with Crippen LogP contribution < -0.4 is 10.1 Å². The molecular weight excluding hydrogens is 566 g/mol. The molecule has 0 aliphatic heterocycles. The number of carbonyl (C=O) groups excluding carboxylic acids is 1. The summed E-state index contributed by atoms with van der Waals surface area (Å²) >= 11 is 0. The van der Waals surface area contributed by atoms with Crippen LogP contribution in [-0.2, 0) is 20.7 Å². The van der Waals surface area contributed by atoms with Crippen molar-refractivity contribution in [2.75, 3.05) is 39.5 Å². The number of halogens is 10. The van der Waals surface area contributed by atoms with Crippen LogP contribution in [0.25, 0.3) is 0 Å². The molecule has 0 saturated carbocycles. The van der Waals surface area contributed by atoms with E-state index >= 15 is 0 Å². The Balaban J connectivity index is 2.79. The van der Waals surface area contributed by atoms with Crippen LogP contribution in [0.3, 0.4) is 0 Å². The third kappa shape index (κ3) is 10.9. The predicted octanol–water partition coefficient (Wildman–Crippen LogP) is 4.48. The van der Waals surface area contributed by atoms with Gasteiger partial charge in [0.25, 0.3) is 0 Å². The molecular formula is C21H24F10N2O6. The lowest BCUT2D eigenvalue weighted by Crippen LogP contribution is -2.54. The minimum Gasteiger partial charge on any atom is -0.492 e. The Morgan fingerprint density at radius 1 is 0.949 bits per heavy atom. The number of amides is 2. The molecule has 2 amide bonds. The highest BCUT2D eigenvalue weighted by Gasteiger charge is 2.74. The average Bonchev–Trinajstić information content (AvgIpc) is 2.80. The highest BCUT2D eigenvalue weighted by molar-refractivity contribution is 5.74. The minimum absolute atomic E-state index is 0.00856. The maximum absolute atomic E-state index is 13.3. The highest BCUT2D eigenvalue weighted by atomic mass is 19.4. The van der Waals surface area contributed by atoms with E-state index in [0.29, 0.717) is 10.5 Å². The minimum atomic E-state index is -6.67. The lowest BCUT2D eigenvalue weighted by molar-refractivity contribution is -0.423. The van der Waals surface area contributed by atoms with Crippen LogP contribution in [-0.4, -0.2) is 91.9 Å². The van der Waals surface area contributed by atoms with Gasteiger partial charge in [0.1, 0.15) is 18.9 Å². The van der Waals surface area contributed by atoms with E-state index in [9.17, 15) is 53.5 Å². The Morgan fingerprint density at radius 3 is 2.00 bits per heavy atom. The molecule has 1 aromatic rings. The molecule has 39 heavy (non-hydrogen) atoms. The Bertz CT molecular complexity index is 925. The van der Waals surface area contributed by atoms with Gasteiger partial charge in [0.2, 0.25) is 0 Å². The van der Waals surface area contributed by atoms with Gasteiger partial charge in [-0.3, -0.25) is 0 Å². The summed E-state index contributed by atoms with van der Waals surface area (Å²) in [4.78, 5) is 23.6. The predicted molar refractivity (Wildman–Crippen MR) is 112 cm³/mol. The fraction of sp³-hybridized carbons (Fsp3) is 0.619. The third-order valence-corrected chi connectivity index (χ3v) is 4.71. The van der Waals surface area contributed by atoms with Crippen LogP contribution >= 0.6 is 0 Å². The number of urea groups is 1. The van der Waals surface area contributed by atoms with Crippen LogP contribution in [0.1, 0.15) is 12.5 Å². The van der Waals surface area contributed by atoms with Crippen molar-refractivity contribution in [1.82, 2.24) is 10.2 Å². The zero-order chi connectivity index (χ0) is 30.1. The first-order valence-corrected chi connectivity index (χ1v) is 10.9. The Labute approximate surface area is 214 Å². The number of aliphatic carboxylic acids is 1. The molecule has 1 atom stereocenters. The van der Waals surface area contributed by atoms with Gasteiger partial charge in [-0.25, -0.2) is 9.59 Å². The second-order valence-electron chi connectivity index (χ2n) is 7.68. The van der Waals surface area contributed by atoms with Crippen LogP contribution in [0.5, 0.6) is 5.75 Å². The Morgan fingerprint density at radius 2 is 1.51 bits per heavy atom. The number of nitrogens with one attached hydrogen (secondary N) is 1. The SMILES string of the molecule is CCOC(Cc1ccc(OCCN(CCOC(F)(F)C(F)(F)C(F)(F)F)C(=O)NCC(F)(F)F)cc1)C(=O)O. The lowest BCUT2D eigenvalue weighted by atomic mass is 10.1. The average molecular weight is 590 g/mol. The number of carboxylic acid groups (broad SMARTS) is 1. The number of benzene rings is 1. The van der Waals surface area contributed by atoms with E-state index in [1.807, 2.05) is 0 Å². The quantitative estimate of drug-likeness (QED) is 0.293. The molecule has 1 aromatic carbocycles. The maximum atomic E-state index is 13.3. The van der Waals surface area contributed by atoms with Gasteiger partial charge in [-0.1, -0.05) is 12.1 Å². The molecule has 0 fully saturated rings.